The van der Waals surface area contributed by atoms with Gasteiger partial charge in [-0.05, 0) is 12.8 Å². The van der Waals surface area contributed by atoms with Crippen molar-refractivity contribution in [2.45, 2.75) is 38.8 Å². The number of fused-ring (bicyclic) bond motifs is 1. The fourth-order valence-electron chi connectivity index (χ4n) is 1.87. The van der Waals surface area contributed by atoms with Gasteiger partial charge in [-0.15, -0.1) is 0 Å². The second-order valence-corrected chi connectivity index (χ2v) is 3.85. The number of hydrazine groups is 1. The molecule has 0 aromatic carbocycles. The van der Waals surface area contributed by atoms with E-state index in [9.17, 15) is 9.59 Å². The first-order chi connectivity index (χ1) is 7.72. The molecule has 0 unspecified atom stereocenters. The van der Waals surface area contributed by atoms with Gasteiger partial charge >= 0.3 is 5.69 Å². The van der Waals surface area contributed by atoms with Crippen molar-refractivity contribution in [3.05, 3.63) is 16.3 Å². The Labute approximate surface area is 92.2 Å². The van der Waals surface area contributed by atoms with E-state index in [1.54, 1.807) is 4.57 Å². The number of hydrogen-bond acceptors (Lipinski definition) is 4. The third-order valence-corrected chi connectivity index (χ3v) is 2.74. The third-order valence-electron chi connectivity index (χ3n) is 2.74. The molecule has 16 heavy (non-hydrogen) atoms. The van der Waals surface area contributed by atoms with E-state index in [4.69, 9.17) is 5.84 Å². The average Bonchev–Trinajstić information content (AvgIpc) is 2.64. The van der Waals surface area contributed by atoms with E-state index >= 15 is 0 Å². The van der Waals surface area contributed by atoms with Crippen LogP contribution in [0.2, 0.25) is 0 Å². The maximum Gasteiger partial charge on any atom is 0.345 e. The summed E-state index contributed by atoms with van der Waals surface area (Å²) in [7, 11) is 0. The zero-order valence-electron chi connectivity index (χ0n) is 8.98. The highest BCUT2D eigenvalue weighted by Gasteiger charge is 2.16. The summed E-state index contributed by atoms with van der Waals surface area (Å²) in [5, 5.41) is 4.20. The summed E-state index contributed by atoms with van der Waals surface area (Å²) >= 11 is 0. The molecular formula is C9H15N5O2. The van der Waals surface area contributed by atoms with Crippen LogP contribution in [0.3, 0.4) is 0 Å². The van der Waals surface area contributed by atoms with Crippen molar-refractivity contribution in [2.75, 3.05) is 0 Å². The van der Waals surface area contributed by atoms with E-state index in [0.717, 1.165) is 31.6 Å². The lowest BCUT2D eigenvalue weighted by molar-refractivity contribution is -0.121. The maximum atomic E-state index is 11.8. The predicted octanol–water partition coefficient (Wildman–Crippen LogP) is -1.24. The van der Waals surface area contributed by atoms with Crippen molar-refractivity contribution in [1.82, 2.24) is 19.8 Å². The lowest BCUT2D eigenvalue weighted by Crippen LogP contribution is -2.32. The first-order valence-electron chi connectivity index (χ1n) is 5.38. The predicted molar refractivity (Wildman–Crippen MR) is 56.4 cm³/mol. The maximum absolute atomic E-state index is 11.8. The Morgan fingerprint density at radius 1 is 1.50 bits per heavy atom. The number of nitrogens with one attached hydrogen (secondary N) is 1. The molecule has 1 aliphatic rings. The van der Waals surface area contributed by atoms with Gasteiger partial charge in [0.15, 0.2) is 0 Å². The van der Waals surface area contributed by atoms with Crippen molar-refractivity contribution in [3.63, 3.8) is 0 Å². The molecule has 1 aromatic heterocycles. The van der Waals surface area contributed by atoms with Crippen molar-refractivity contribution >= 4 is 5.91 Å². The minimum Gasteiger partial charge on any atom is -0.294 e. The number of nitrogens with two attached hydrogens (primary N) is 1. The van der Waals surface area contributed by atoms with Crippen molar-refractivity contribution in [3.8, 4) is 0 Å². The van der Waals surface area contributed by atoms with Crippen LogP contribution < -0.4 is 17.0 Å². The molecule has 7 nitrogen and oxygen atoms in total. The van der Waals surface area contributed by atoms with E-state index in [1.807, 2.05) is 5.43 Å². The number of nitrogens with zero attached hydrogens (tertiary/aromatic N) is 3. The number of rotatable bonds is 3. The lowest BCUT2D eigenvalue weighted by atomic mass is 10.2. The van der Waals surface area contributed by atoms with Gasteiger partial charge in [0, 0.05) is 19.4 Å². The van der Waals surface area contributed by atoms with Crippen LogP contribution in [-0.4, -0.2) is 20.3 Å². The summed E-state index contributed by atoms with van der Waals surface area (Å²) in [6.45, 7) is 1.01. The van der Waals surface area contributed by atoms with Gasteiger partial charge in [-0.3, -0.25) is 14.8 Å². The Morgan fingerprint density at radius 2 is 2.31 bits per heavy atom. The zero-order chi connectivity index (χ0) is 11.5. The molecule has 1 aliphatic heterocycles. The number of aryl methyl sites for hydroxylation is 2. The number of amides is 1. The van der Waals surface area contributed by atoms with Gasteiger partial charge in [-0.1, -0.05) is 0 Å². The van der Waals surface area contributed by atoms with Crippen LogP contribution in [0.15, 0.2) is 4.79 Å². The summed E-state index contributed by atoms with van der Waals surface area (Å²) < 4.78 is 3.03. The molecule has 0 bridgehead atoms. The van der Waals surface area contributed by atoms with Crippen LogP contribution in [0.1, 0.15) is 25.1 Å². The van der Waals surface area contributed by atoms with Crippen molar-refractivity contribution in [1.29, 1.82) is 0 Å². The Hall–Kier alpha value is -1.63. The SMILES string of the molecule is NNC(=O)CCn1nc2n(c1=O)CCCC2. The molecular weight excluding hydrogens is 210 g/mol. The normalized spacial score (nSPS) is 14.6. The largest absolute Gasteiger partial charge is 0.345 e. The van der Waals surface area contributed by atoms with Gasteiger partial charge < -0.3 is 0 Å². The van der Waals surface area contributed by atoms with Crippen LogP contribution in [0.25, 0.3) is 0 Å². The highest BCUT2D eigenvalue weighted by Crippen LogP contribution is 2.09. The second kappa shape index (κ2) is 4.48. The fourth-order valence-corrected chi connectivity index (χ4v) is 1.87. The minimum absolute atomic E-state index is 0.125. The van der Waals surface area contributed by atoms with E-state index in [1.165, 1.54) is 4.68 Å². The van der Waals surface area contributed by atoms with Gasteiger partial charge in [0.2, 0.25) is 5.91 Å². The molecule has 1 aromatic rings. The van der Waals surface area contributed by atoms with E-state index in [2.05, 4.69) is 5.10 Å². The molecule has 3 N–H and O–H groups in total. The summed E-state index contributed by atoms with van der Waals surface area (Å²) in [4.78, 5) is 22.8. The number of carbonyl (C=O) groups is 1. The van der Waals surface area contributed by atoms with Crippen molar-refractivity contribution in [2.24, 2.45) is 5.84 Å². The molecule has 0 aliphatic carbocycles. The Morgan fingerprint density at radius 3 is 3.00 bits per heavy atom. The molecule has 7 heteroatoms. The summed E-state index contributed by atoms with van der Waals surface area (Å²) in [5.41, 5.74) is 1.90. The standard InChI is InChI=1S/C9H15N5O2/c10-11-8(15)4-6-14-9(16)13-5-2-1-3-7(13)12-14/h1-6,10H2,(H,11,15). The summed E-state index contributed by atoms with van der Waals surface area (Å²) in [5.74, 6) is 5.49. The highest BCUT2D eigenvalue weighted by molar-refractivity contribution is 5.74. The Balaban J connectivity index is 2.13. The molecule has 88 valence electrons. The molecule has 0 radical (unpaired) electrons. The van der Waals surface area contributed by atoms with Crippen LogP contribution in [0, 0.1) is 0 Å². The fraction of sp³-hybridized carbons (Fsp3) is 0.667. The number of carbonyl (C=O) groups excluding carboxylic acids is 1. The zero-order valence-corrected chi connectivity index (χ0v) is 8.98. The number of aromatic nitrogens is 3. The van der Waals surface area contributed by atoms with Crippen LogP contribution in [0.4, 0.5) is 0 Å². The number of hydrogen-bond donors (Lipinski definition) is 2. The summed E-state index contributed by atoms with van der Waals surface area (Å²) in [6, 6.07) is 0. The van der Waals surface area contributed by atoms with E-state index in [0.29, 0.717) is 0 Å². The highest BCUT2D eigenvalue weighted by atomic mass is 16.2. The Kier molecular flexibility index (Phi) is 3.04. The molecule has 0 fully saturated rings. The van der Waals surface area contributed by atoms with Gasteiger partial charge in [-0.25, -0.2) is 15.3 Å². The average molecular weight is 225 g/mol. The molecule has 0 atom stereocenters. The molecule has 0 saturated carbocycles. The van der Waals surface area contributed by atoms with E-state index < -0.39 is 0 Å². The van der Waals surface area contributed by atoms with E-state index in [-0.39, 0.29) is 24.6 Å². The molecule has 0 spiro atoms. The monoisotopic (exact) mass is 225 g/mol. The van der Waals surface area contributed by atoms with Gasteiger partial charge in [0.05, 0.1) is 6.54 Å². The van der Waals surface area contributed by atoms with Crippen molar-refractivity contribution < 1.29 is 4.79 Å². The van der Waals surface area contributed by atoms with Gasteiger partial charge in [0.25, 0.3) is 0 Å². The smallest absolute Gasteiger partial charge is 0.294 e. The Bertz CT molecular complexity index is 447. The quantitative estimate of drug-likeness (QED) is 0.382. The topological polar surface area (TPSA) is 94.9 Å². The summed E-state index contributed by atoms with van der Waals surface area (Å²) in [6.07, 6.45) is 3.10. The van der Waals surface area contributed by atoms with Gasteiger partial charge in [0.1, 0.15) is 5.82 Å². The molecule has 2 rings (SSSR count). The molecule has 2 heterocycles. The first-order valence-corrected chi connectivity index (χ1v) is 5.38. The molecule has 1 amide bonds. The van der Waals surface area contributed by atoms with Crippen LogP contribution in [-0.2, 0) is 24.3 Å². The van der Waals surface area contributed by atoms with Gasteiger partial charge in [-0.2, -0.15) is 5.10 Å². The first kappa shape index (κ1) is 10.9. The minimum atomic E-state index is -0.294. The lowest BCUT2D eigenvalue weighted by Gasteiger charge is -2.09. The van der Waals surface area contributed by atoms with Crippen LogP contribution >= 0.6 is 0 Å². The second-order valence-electron chi connectivity index (χ2n) is 3.85. The molecule has 0 saturated heterocycles. The third kappa shape index (κ3) is 1.99. The van der Waals surface area contributed by atoms with Crippen LogP contribution in [0.5, 0.6) is 0 Å².